The van der Waals surface area contributed by atoms with Crippen molar-refractivity contribution in [2.75, 3.05) is 28.7 Å². The lowest BCUT2D eigenvalue weighted by molar-refractivity contribution is 0.102. The number of carbonyl (C=O) groups excluding carboxylic acids is 1. The smallest absolute Gasteiger partial charge is 0.256 e. The molecule has 1 aliphatic rings. The number of benzene rings is 1. The van der Waals surface area contributed by atoms with Gasteiger partial charge in [0.2, 0.25) is 5.95 Å². The van der Waals surface area contributed by atoms with E-state index in [4.69, 9.17) is 9.51 Å². The summed E-state index contributed by atoms with van der Waals surface area (Å²) in [6.45, 7) is 8.81. The van der Waals surface area contributed by atoms with E-state index in [0.717, 1.165) is 24.9 Å². The highest BCUT2D eigenvalue weighted by molar-refractivity contribution is 6.04. The quantitative estimate of drug-likeness (QED) is 0.354. The minimum absolute atomic E-state index is 0.000113. The van der Waals surface area contributed by atoms with E-state index in [-0.39, 0.29) is 24.0 Å². The van der Waals surface area contributed by atoms with Gasteiger partial charge in [0.25, 0.3) is 5.91 Å². The molecule has 1 aromatic carbocycles. The number of rotatable bonds is 6. The number of hydrogen-bond donors (Lipinski definition) is 3. The van der Waals surface area contributed by atoms with Crippen LogP contribution in [0.15, 0.2) is 41.3 Å². The van der Waals surface area contributed by atoms with Crippen LogP contribution in [-0.4, -0.2) is 55.3 Å². The molecule has 1 aliphatic heterocycles. The molecule has 11 heteroatoms. The Bertz CT molecular complexity index is 1450. The van der Waals surface area contributed by atoms with Crippen molar-refractivity contribution in [3.63, 3.8) is 0 Å². The van der Waals surface area contributed by atoms with Crippen molar-refractivity contribution in [3.05, 3.63) is 53.7 Å². The molecular weight excluding hydrogens is 472 g/mol. The maximum Gasteiger partial charge on any atom is 0.256 e. The van der Waals surface area contributed by atoms with Crippen molar-refractivity contribution in [2.24, 2.45) is 0 Å². The van der Waals surface area contributed by atoms with Crippen LogP contribution in [0.4, 0.5) is 23.3 Å². The molecule has 0 bridgehead atoms. The van der Waals surface area contributed by atoms with Crippen LogP contribution < -0.4 is 15.5 Å². The highest BCUT2D eigenvalue weighted by Crippen LogP contribution is 2.29. The molecule has 3 aromatic heterocycles. The number of nitrogens with zero attached hydrogens (tertiary/aromatic N) is 6. The molecule has 1 fully saturated rings. The normalized spacial score (nSPS) is 15.8. The zero-order valence-electron chi connectivity index (χ0n) is 21.3. The fourth-order valence-corrected chi connectivity index (χ4v) is 4.27. The van der Waals surface area contributed by atoms with Gasteiger partial charge in [-0.15, -0.1) is 0 Å². The van der Waals surface area contributed by atoms with Gasteiger partial charge in [-0.25, -0.2) is 19.9 Å². The third-order valence-electron chi connectivity index (χ3n) is 6.45. The second kappa shape index (κ2) is 9.74. The molecule has 0 aliphatic carbocycles. The van der Waals surface area contributed by atoms with Crippen LogP contribution in [0.25, 0.3) is 11.0 Å². The Morgan fingerprint density at radius 2 is 2.05 bits per heavy atom. The first-order valence-corrected chi connectivity index (χ1v) is 12.2. The summed E-state index contributed by atoms with van der Waals surface area (Å²) in [6, 6.07) is 7.10. The fraction of sp³-hybridized carbons (Fsp3) is 0.385. The summed E-state index contributed by atoms with van der Waals surface area (Å²) in [5.74, 6) is 1.77. The lowest BCUT2D eigenvalue weighted by Crippen LogP contribution is -2.33. The Morgan fingerprint density at radius 3 is 2.81 bits per heavy atom. The zero-order valence-corrected chi connectivity index (χ0v) is 21.3. The molecule has 1 atom stereocenters. The molecule has 0 spiro atoms. The van der Waals surface area contributed by atoms with Crippen LogP contribution >= 0.6 is 0 Å². The van der Waals surface area contributed by atoms with Gasteiger partial charge in [0.15, 0.2) is 11.6 Å². The van der Waals surface area contributed by atoms with Crippen molar-refractivity contribution in [3.8, 4) is 0 Å². The van der Waals surface area contributed by atoms with Crippen LogP contribution in [-0.2, 0) is 5.41 Å². The van der Waals surface area contributed by atoms with Gasteiger partial charge in [-0.05, 0) is 37.5 Å². The molecule has 3 N–H and O–H groups in total. The number of anilines is 4. The molecule has 0 unspecified atom stereocenters. The predicted octanol–water partition coefficient (Wildman–Crippen LogP) is 3.97. The number of hydrogen-bond acceptors (Lipinski definition) is 10. The van der Waals surface area contributed by atoms with E-state index in [1.165, 1.54) is 6.33 Å². The average Bonchev–Trinajstić information content (AvgIpc) is 3.55. The monoisotopic (exact) mass is 502 g/mol. The second-order valence-electron chi connectivity index (χ2n) is 10.2. The SMILES string of the molecule is Cc1ccc(C(=O)Nc2cc(C(C)(C)C)on2)cc1Nc1ncnc2cnc(N3CCC[C@H]3CO)nc12. The largest absolute Gasteiger partial charge is 0.394 e. The Labute approximate surface area is 214 Å². The Balaban J connectivity index is 1.41. The number of aliphatic hydroxyl groups excluding tert-OH is 1. The number of amides is 1. The number of aryl methyl sites for hydroxylation is 1. The lowest BCUT2D eigenvalue weighted by atomic mass is 9.93. The number of fused-ring (bicyclic) bond motifs is 1. The minimum Gasteiger partial charge on any atom is -0.394 e. The molecular formula is C26H30N8O3. The van der Waals surface area contributed by atoms with Gasteiger partial charge in [0.1, 0.15) is 23.1 Å². The summed E-state index contributed by atoms with van der Waals surface area (Å²) in [7, 11) is 0. The molecule has 192 valence electrons. The molecule has 4 heterocycles. The van der Waals surface area contributed by atoms with Gasteiger partial charge in [0.05, 0.1) is 18.8 Å². The highest BCUT2D eigenvalue weighted by atomic mass is 16.5. The van der Waals surface area contributed by atoms with E-state index in [9.17, 15) is 9.90 Å². The zero-order chi connectivity index (χ0) is 26.2. The standard InChI is InChI=1S/C26H30N8O3/c1-15-7-8-16(24(36)31-21-11-20(37-33-21)26(2,3)4)10-18(15)30-23-22-19(28-14-29-23)12-27-25(32-22)34-9-5-6-17(34)13-35/h7-8,10-12,14,17,35H,5-6,9,13H2,1-4H3,(H,28,29,30)(H,31,33,36)/t17-/m0/s1. The molecule has 4 aromatic rings. The third-order valence-corrected chi connectivity index (χ3v) is 6.45. The summed E-state index contributed by atoms with van der Waals surface area (Å²) in [5, 5.41) is 19.8. The summed E-state index contributed by atoms with van der Waals surface area (Å²) in [6.07, 6.45) is 4.98. The van der Waals surface area contributed by atoms with Crippen LogP contribution in [0.5, 0.6) is 0 Å². The first kappa shape index (κ1) is 24.6. The van der Waals surface area contributed by atoms with Gasteiger partial charge in [-0.2, -0.15) is 0 Å². The van der Waals surface area contributed by atoms with E-state index in [0.29, 0.717) is 45.6 Å². The lowest BCUT2D eigenvalue weighted by Gasteiger charge is -2.23. The minimum atomic E-state index is -0.307. The van der Waals surface area contributed by atoms with E-state index in [2.05, 4.69) is 30.7 Å². The van der Waals surface area contributed by atoms with Crippen LogP contribution in [0.2, 0.25) is 0 Å². The number of aromatic nitrogens is 5. The van der Waals surface area contributed by atoms with Gasteiger partial charge in [0, 0.05) is 29.3 Å². The first-order valence-electron chi connectivity index (χ1n) is 12.2. The Morgan fingerprint density at radius 1 is 1.22 bits per heavy atom. The predicted molar refractivity (Wildman–Crippen MR) is 140 cm³/mol. The molecule has 0 saturated carbocycles. The molecule has 1 amide bonds. The van der Waals surface area contributed by atoms with Gasteiger partial charge in [-0.1, -0.05) is 32.0 Å². The molecule has 0 radical (unpaired) electrons. The van der Waals surface area contributed by atoms with Crippen molar-refractivity contribution in [2.45, 2.75) is 52.0 Å². The van der Waals surface area contributed by atoms with Gasteiger partial charge >= 0.3 is 0 Å². The number of nitrogens with one attached hydrogen (secondary N) is 2. The maximum absolute atomic E-state index is 13.0. The van der Waals surface area contributed by atoms with Crippen molar-refractivity contribution >= 4 is 40.2 Å². The third kappa shape index (κ3) is 5.08. The fourth-order valence-electron chi connectivity index (χ4n) is 4.27. The molecule has 11 nitrogen and oxygen atoms in total. The maximum atomic E-state index is 13.0. The topological polar surface area (TPSA) is 142 Å². The van der Waals surface area contributed by atoms with E-state index < -0.39 is 0 Å². The first-order chi connectivity index (χ1) is 17.7. The number of carbonyl (C=O) groups is 1. The van der Waals surface area contributed by atoms with E-state index in [1.54, 1.807) is 24.4 Å². The summed E-state index contributed by atoms with van der Waals surface area (Å²) in [5.41, 5.74) is 3.02. The average molecular weight is 503 g/mol. The van der Waals surface area contributed by atoms with Gasteiger partial charge < -0.3 is 25.2 Å². The van der Waals surface area contributed by atoms with Crippen LogP contribution in [0.1, 0.15) is 55.3 Å². The summed E-state index contributed by atoms with van der Waals surface area (Å²) < 4.78 is 5.37. The summed E-state index contributed by atoms with van der Waals surface area (Å²) >= 11 is 0. The summed E-state index contributed by atoms with van der Waals surface area (Å²) in [4.78, 5) is 32.9. The number of aliphatic hydroxyl groups is 1. The second-order valence-corrected chi connectivity index (χ2v) is 10.2. The Kier molecular flexibility index (Phi) is 6.46. The molecule has 37 heavy (non-hydrogen) atoms. The highest BCUT2D eigenvalue weighted by Gasteiger charge is 2.26. The van der Waals surface area contributed by atoms with Crippen molar-refractivity contribution in [1.82, 2.24) is 25.1 Å². The Hall–Kier alpha value is -4.12. The van der Waals surface area contributed by atoms with Crippen LogP contribution in [0.3, 0.4) is 0 Å². The van der Waals surface area contributed by atoms with E-state index in [1.807, 2.05) is 38.7 Å². The molecule has 5 rings (SSSR count). The van der Waals surface area contributed by atoms with Crippen molar-refractivity contribution in [1.29, 1.82) is 0 Å². The van der Waals surface area contributed by atoms with E-state index >= 15 is 0 Å². The van der Waals surface area contributed by atoms with Gasteiger partial charge in [-0.3, -0.25) is 4.79 Å². The van der Waals surface area contributed by atoms with Crippen LogP contribution in [0, 0.1) is 6.92 Å². The van der Waals surface area contributed by atoms with Crippen molar-refractivity contribution < 1.29 is 14.4 Å². The molecule has 1 saturated heterocycles.